The molecule has 11 heteroatoms. The van der Waals surface area contributed by atoms with Gasteiger partial charge in [0, 0.05) is 30.3 Å². The van der Waals surface area contributed by atoms with Crippen LogP contribution in [-0.2, 0) is 37.8 Å². The topological polar surface area (TPSA) is 120 Å². The Balaban J connectivity index is 1.21. The Morgan fingerprint density at radius 1 is 0.982 bits per heavy atom. The number of para-hydroxylation sites is 1. The number of aliphatic hydroxyl groups excluding tert-OH is 1. The molecule has 0 aromatic heterocycles. The first-order valence-electron chi connectivity index (χ1n) is 19.4. The van der Waals surface area contributed by atoms with E-state index in [1.807, 2.05) is 95.9 Å². The third-order valence-corrected chi connectivity index (χ3v) is 16.4. The van der Waals surface area contributed by atoms with Crippen molar-refractivity contribution in [2.45, 2.75) is 75.7 Å². The summed E-state index contributed by atoms with van der Waals surface area (Å²) in [4.78, 5) is 45.7. The van der Waals surface area contributed by atoms with Crippen LogP contribution in [0.1, 0.15) is 42.9 Å². The number of nitrogens with zero attached hydrogens (tertiary/aromatic N) is 2. The van der Waals surface area contributed by atoms with E-state index in [2.05, 4.69) is 42.8 Å². The van der Waals surface area contributed by atoms with E-state index in [1.54, 1.807) is 12.0 Å². The average Bonchev–Trinajstić information content (AvgIpc) is 3.90. The zero-order valence-electron chi connectivity index (χ0n) is 32.2. The molecule has 4 aromatic carbocycles. The number of benzene rings is 4. The molecule has 3 amide bonds. The van der Waals surface area contributed by atoms with Crippen LogP contribution in [0.25, 0.3) is 0 Å². The van der Waals surface area contributed by atoms with Crippen molar-refractivity contribution in [3.8, 4) is 5.75 Å². The van der Waals surface area contributed by atoms with E-state index in [1.165, 1.54) is 5.19 Å². The van der Waals surface area contributed by atoms with Gasteiger partial charge in [0.2, 0.25) is 11.8 Å². The van der Waals surface area contributed by atoms with Crippen molar-refractivity contribution in [3.63, 3.8) is 0 Å². The van der Waals surface area contributed by atoms with Crippen molar-refractivity contribution in [3.05, 3.63) is 120 Å². The van der Waals surface area contributed by atoms with Gasteiger partial charge in [0.25, 0.3) is 5.91 Å². The first-order valence-corrected chi connectivity index (χ1v) is 22.4. The Morgan fingerprint density at radius 2 is 1.69 bits per heavy atom. The quantitative estimate of drug-likeness (QED) is 0.153. The van der Waals surface area contributed by atoms with Crippen LogP contribution in [-0.4, -0.2) is 74.8 Å². The van der Waals surface area contributed by atoms with Crippen LogP contribution in [0.2, 0.25) is 18.6 Å². The van der Waals surface area contributed by atoms with Crippen LogP contribution < -0.4 is 25.5 Å². The van der Waals surface area contributed by atoms with Crippen molar-refractivity contribution in [1.29, 1.82) is 0 Å². The number of aliphatic hydroxyl groups is 1. The maximum absolute atomic E-state index is 15.2. The van der Waals surface area contributed by atoms with Crippen LogP contribution >= 0.6 is 0 Å². The number of carbonyl (C=O) groups excluding carboxylic acids is 3. The molecule has 3 N–H and O–H groups in total. The molecule has 1 spiro atoms. The molecular weight excluding hydrogens is 709 g/mol. The van der Waals surface area contributed by atoms with Crippen LogP contribution in [0.5, 0.6) is 5.75 Å². The minimum absolute atomic E-state index is 0.0357. The predicted molar refractivity (Wildman–Crippen MR) is 217 cm³/mol. The van der Waals surface area contributed by atoms with E-state index in [-0.39, 0.29) is 54.8 Å². The van der Waals surface area contributed by atoms with Crippen molar-refractivity contribution >= 4 is 42.4 Å². The summed E-state index contributed by atoms with van der Waals surface area (Å²) >= 11 is 0. The lowest BCUT2D eigenvalue weighted by Gasteiger charge is -2.37. The molecule has 0 bridgehead atoms. The zero-order chi connectivity index (χ0) is 38.7. The number of amides is 3. The largest absolute Gasteiger partial charge is 0.497 e. The highest BCUT2D eigenvalue weighted by Gasteiger charge is 2.66. The number of carbonyl (C=O) groups is 3. The lowest BCUT2D eigenvalue weighted by Crippen LogP contribution is -2.52. The highest BCUT2D eigenvalue weighted by Crippen LogP contribution is 2.60. The Kier molecular flexibility index (Phi) is 11.3. The fourth-order valence-electron chi connectivity index (χ4n) is 9.16. The molecular formula is C44H52N4O6Si. The lowest BCUT2D eigenvalue weighted by atomic mass is 9.82. The fourth-order valence-corrected chi connectivity index (χ4v) is 13.2. The van der Waals surface area contributed by atoms with Gasteiger partial charge < -0.3 is 35.0 Å². The van der Waals surface area contributed by atoms with Crippen LogP contribution in [0.3, 0.4) is 0 Å². The van der Waals surface area contributed by atoms with Crippen LogP contribution in [0.15, 0.2) is 103 Å². The molecule has 0 unspecified atom stereocenters. The summed E-state index contributed by atoms with van der Waals surface area (Å²) < 4.78 is 12.7. The molecule has 288 valence electrons. The summed E-state index contributed by atoms with van der Waals surface area (Å²) in [5, 5.41) is 17.4. The Labute approximate surface area is 324 Å². The van der Waals surface area contributed by atoms with E-state index >= 15 is 4.79 Å². The highest BCUT2D eigenvalue weighted by molar-refractivity contribution is 6.91. The van der Waals surface area contributed by atoms with E-state index in [0.717, 1.165) is 47.5 Å². The first-order chi connectivity index (χ1) is 26.6. The van der Waals surface area contributed by atoms with Crippen molar-refractivity contribution < 1.29 is 29.0 Å². The predicted octanol–water partition coefficient (Wildman–Crippen LogP) is 5.56. The number of fused-ring (bicyclic) bond motifs is 2. The Bertz CT molecular complexity index is 1990. The van der Waals surface area contributed by atoms with Gasteiger partial charge in [-0.2, -0.15) is 0 Å². The summed E-state index contributed by atoms with van der Waals surface area (Å²) in [6.07, 6.45) is 1.33. The van der Waals surface area contributed by atoms with Crippen molar-refractivity contribution in [2.75, 3.05) is 37.0 Å². The van der Waals surface area contributed by atoms with E-state index < -0.39 is 19.8 Å². The smallest absolute Gasteiger partial charge is 0.264 e. The summed E-state index contributed by atoms with van der Waals surface area (Å²) in [5.74, 6) is 0.205. The molecule has 55 heavy (non-hydrogen) atoms. The normalized spacial score (nSPS) is 23.2. The van der Waals surface area contributed by atoms with Gasteiger partial charge in [-0.1, -0.05) is 98.0 Å². The number of nitrogens with one attached hydrogen (secondary N) is 2. The van der Waals surface area contributed by atoms with Gasteiger partial charge >= 0.3 is 0 Å². The number of anilines is 2. The van der Waals surface area contributed by atoms with E-state index in [0.29, 0.717) is 18.8 Å². The van der Waals surface area contributed by atoms with Gasteiger partial charge in [0.05, 0.1) is 52.6 Å². The maximum Gasteiger partial charge on any atom is 0.264 e. The van der Waals surface area contributed by atoms with Gasteiger partial charge in [0.15, 0.2) is 5.60 Å². The zero-order valence-corrected chi connectivity index (χ0v) is 33.2. The maximum atomic E-state index is 15.2. The SMILES string of the molecule is COc1ccc([Si](C)(C)[C@H]2[C@H](CC(=O)N(CCO)Cc3ccccc3)O[C@@]3(C(=O)N(Cc4ccc(NC(=O)[C@H]5CCCN5)cc4)c4ccccc43)[C@@H]2C)cc1. The summed E-state index contributed by atoms with van der Waals surface area (Å²) in [5.41, 5.74) is 2.80. The standard InChI is InChI=1S/C44H52N4O6Si/c1-30-41(55(3,4)35-22-20-34(53-2)21-23-35)39(27-40(50)47(25-26-49)28-31-11-6-5-7-12-31)54-44(30)36-13-8-9-15-38(36)48(43(44)52)29-32-16-18-33(19-17-32)46-42(51)37-14-10-24-45-37/h5-9,11-13,15-23,30,37,39,41,45,49H,10,14,24-29H2,1-4H3,(H,46,51)/t30-,37-,39+,41-,44+/m1/s1. The molecule has 4 aromatic rings. The fraction of sp³-hybridized carbons (Fsp3) is 0.386. The summed E-state index contributed by atoms with van der Waals surface area (Å²) in [7, 11) is -0.831. The second-order valence-electron chi connectivity index (χ2n) is 15.6. The number of hydrogen-bond acceptors (Lipinski definition) is 7. The number of hydrogen-bond donors (Lipinski definition) is 3. The summed E-state index contributed by atoms with van der Waals surface area (Å²) in [6, 6.07) is 33.3. The van der Waals surface area contributed by atoms with Gasteiger partial charge in [-0.15, -0.1) is 0 Å². The minimum atomic E-state index is -2.48. The Morgan fingerprint density at radius 3 is 2.36 bits per heavy atom. The molecule has 0 saturated carbocycles. The molecule has 3 aliphatic rings. The molecule has 2 fully saturated rings. The molecule has 3 heterocycles. The molecule has 0 aliphatic carbocycles. The van der Waals surface area contributed by atoms with Gasteiger partial charge in [-0.05, 0) is 66.4 Å². The first kappa shape index (κ1) is 38.5. The number of rotatable bonds is 13. The van der Waals surface area contributed by atoms with Crippen LogP contribution in [0.4, 0.5) is 11.4 Å². The molecule has 5 atom stereocenters. The van der Waals surface area contributed by atoms with E-state index in [4.69, 9.17) is 9.47 Å². The monoisotopic (exact) mass is 760 g/mol. The van der Waals surface area contributed by atoms with Gasteiger partial charge in [-0.3, -0.25) is 14.4 Å². The third-order valence-electron chi connectivity index (χ3n) is 12.0. The van der Waals surface area contributed by atoms with Gasteiger partial charge in [0.1, 0.15) is 5.75 Å². The molecule has 2 saturated heterocycles. The number of ether oxygens (including phenoxy) is 2. The molecule has 0 radical (unpaired) electrons. The van der Waals surface area contributed by atoms with Crippen molar-refractivity contribution in [1.82, 2.24) is 10.2 Å². The highest BCUT2D eigenvalue weighted by atomic mass is 28.3. The third kappa shape index (κ3) is 7.46. The summed E-state index contributed by atoms with van der Waals surface area (Å²) in [6.45, 7) is 8.30. The minimum Gasteiger partial charge on any atom is -0.497 e. The Hall–Kier alpha value is -4.81. The van der Waals surface area contributed by atoms with E-state index in [9.17, 15) is 14.7 Å². The lowest BCUT2D eigenvalue weighted by molar-refractivity contribution is -0.150. The second-order valence-corrected chi connectivity index (χ2v) is 20.3. The van der Waals surface area contributed by atoms with Gasteiger partial charge in [-0.25, -0.2) is 0 Å². The van der Waals surface area contributed by atoms with Crippen LogP contribution in [0, 0.1) is 5.92 Å². The number of methoxy groups -OCH3 is 1. The molecule has 3 aliphatic heterocycles. The molecule has 7 rings (SSSR count). The van der Waals surface area contributed by atoms with Crippen molar-refractivity contribution in [2.24, 2.45) is 5.92 Å². The average molecular weight is 761 g/mol. The molecule has 10 nitrogen and oxygen atoms in total. The second kappa shape index (κ2) is 16.1.